The highest BCUT2D eigenvalue weighted by atomic mass is 15.0. The zero-order valence-corrected chi connectivity index (χ0v) is 32.7. The zero-order chi connectivity index (χ0) is 37.5. The van der Waals surface area contributed by atoms with Crippen molar-refractivity contribution in [2.45, 2.75) is 86.0 Å². The molecule has 0 amide bonds. The molecule has 3 heteroatoms. The number of H-pyrrole nitrogens is 1. The zero-order valence-electron chi connectivity index (χ0n) is 32.7. The Bertz CT molecular complexity index is 2890. The number of benzene rings is 4. The molecule has 3 heterocycles. The van der Waals surface area contributed by atoms with Gasteiger partial charge in [0.1, 0.15) is 0 Å². The van der Waals surface area contributed by atoms with Crippen LogP contribution < -0.4 is 10.6 Å². The van der Waals surface area contributed by atoms with Crippen LogP contribution in [0.1, 0.15) is 103 Å². The molecule has 0 spiro atoms. The minimum Gasteiger partial charge on any atom is -0.357 e. The van der Waals surface area contributed by atoms with Crippen LogP contribution in [-0.2, 0) is 0 Å². The molecule has 0 saturated carbocycles. The van der Waals surface area contributed by atoms with Crippen molar-refractivity contribution >= 4 is 73.2 Å². The molecule has 0 saturated heterocycles. The summed E-state index contributed by atoms with van der Waals surface area (Å²) in [5.74, 6) is 0.288. The highest BCUT2D eigenvalue weighted by Crippen LogP contribution is 2.41. The Morgan fingerprint density at radius 2 is 1.18 bits per heavy atom. The van der Waals surface area contributed by atoms with E-state index in [4.69, 9.17) is 0 Å². The number of nitrogens with zero attached hydrogens (tertiary/aromatic N) is 2. The van der Waals surface area contributed by atoms with Crippen molar-refractivity contribution in [1.82, 2.24) is 14.1 Å². The first-order valence-electron chi connectivity index (χ1n) is 20.7. The van der Waals surface area contributed by atoms with Gasteiger partial charge in [-0.15, -0.1) is 0 Å². The molecular formula is C53H55N3. The average molecular weight is 734 g/mol. The Morgan fingerprint density at radius 3 is 1.95 bits per heavy atom. The average Bonchev–Trinajstić information content (AvgIpc) is 3.93. The Hall–Kier alpha value is -5.80. The summed E-state index contributed by atoms with van der Waals surface area (Å²) in [5, 5.41) is 8.04. The summed E-state index contributed by atoms with van der Waals surface area (Å²) in [6.45, 7) is 8.00. The van der Waals surface area contributed by atoms with E-state index in [1.807, 2.05) is 27.7 Å². The summed E-state index contributed by atoms with van der Waals surface area (Å²) in [6, 6.07) is 30.1. The van der Waals surface area contributed by atoms with E-state index in [1.165, 1.54) is 93.5 Å². The van der Waals surface area contributed by atoms with Crippen LogP contribution in [0.5, 0.6) is 0 Å². The van der Waals surface area contributed by atoms with Crippen molar-refractivity contribution in [3.05, 3.63) is 149 Å². The van der Waals surface area contributed by atoms with Gasteiger partial charge in [-0.05, 0) is 116 Å². The van der Waals surface area contributed by atoms with Crippen molar-refractivity contribution < 1.29 is 0 Å². The SMILES string of the molecule is C.C1=CC(n2c3c(c4cc(C5CC=Cc6c5[nH]c5ccc(-c7ccc8c(c7)c7ccccc7n8C7=CCCC=C7)cc65)ccc42)=CCCC=3)=CCC1.CC.CC. The molecule has 282 valence electrons. The Balaban J connectivity index is 0.000000857. The number of hydrogen-bond acceptors (Lipinski definition) is 0. The molecule has 4 aromatic carbocycles. The molecule has 0 aliphatic heterocycles. The van der Waals surface area contributed by atoms with Crippen LogP contribution in [0.2, 0.25) is 0 Å². The topological polar surface area (TPSA) is 25.6 Å². The second kappa shape index (κ2) is 15.7. The van der Waals surface area contributed by atoms with Crippen molar-refractivity contribution in [3.8, 4) is 11.1 Å². The fourth-order valence-corrected chi connectivity index (χ4v) is 9.28. The van der Waals surface area contributed by atoms with E-state index in [1.54, 1.807) is 0 Å². The predicted octanol–water partition coefficient (Wildman–Crippen LogP) is 13.9. The quantitative estimate of drug-likeness (QED) is 0.186. The molecule has 56 heavy (non-hydrogen) atoms. The van der Waals surface area contributed by atoms with E-state index in [9.17, 15) is 0 Å². The third kappa shape index (κ3) is 6.05. The van der Waals surface area contributed by atoms with Gasteiger partial charge in [-0.1, -0.05) is 120 Å². The molecule has 0 bridgehead atoms. The van der Waals surface area contributed by atoms with Crippen molar-refractivity contribution in [2.24, 2.45) is 0 Å². The molecule has 0 fully saturated rings. The van der Waals surface area contributed by atoms with Crippen molar-refractivity contribution in [3.63, 3.8) is 0 Å². The molecular weight excluding hydrogens is 679 g/mol. The number of aromatic amines is 1. The number of aromatic nitrogens is 3. The van der Waals surface area contributed by atoms with Crippen LogP contribution in [0.4, 0.5) is 0 Å². The standard InChI is InChI=1S/C48H39N3.2C2H6.CH4/c1-3-12-34(13-4-1)50-44-20-9-7-16-37(44)41-29-32(23-26-46(41)50)31-22-25-43-40(28-31)39-19-11-18-36(48(39)49-43)33-24-27-47-42(30-33)38-17-8-10-21-45(38)51(47)35-14-5-2-6-15-35;2*1-2;/h3,5,7,9,11-17,19-30,36,49H,1-2,4,6,8,10,18H2;2*1-2H3;1H4. The first kappa shape index (κ1) is 37.1. The van der Waals surface area contributed by atoms with E-state index in [0.717, 1.165) is 44.9 Å². The lowest BCUT2D eigenvalue weighted by molar-refractivity contribution is 0.797. The number of fused-ring (bicyclic) bond motifs is 9. The summed E-state index contributed by atoms with van der Waals surface area (Å²) in [5.41, 5.74) is 14.2. The molecule has 3 aromatic heterocycles. The van der Waals surface area contributed by atoms with Crippen molar-refractivity contribution in [1.29, 1.82) is 0 Å². The monoisotopic (exact) mass is 733 g/mol. The highest BCUT2D eigenvalue weighted by Gasteiger charge is 2.25. The third-order valence-electron chi connectivity index (χ3n) is 11.7. The number of hydrogen-bond donors (Lipinski definition) is 1. The van der Waals surface area contributed by atoms with E-state index in [-0.39, 0.29) is 13.3 Å². The van der Waals surface area contributed by atoms with E-state index < -0.39 is 0 Å². The minimum atomic E-state index is 0. The lowest BCUT2D eigenvalue weighted by Gasteiger charge is -2.20. The maximum Gasteiger partial charge on any atom is 0.0541 e. The normalized spacial score (nSPS) is 16.8. The lowest BCUT2D eigenvalue weighted by atomic mass is 9.85. The molecule has 3 nitrogen and oxygen atoms in total. The van der Waals surface area contributed by atoms with Gasteiger partial charge in [-0.2, -0.15) is 0 Å². The number of rotatable bonds is 4. The van der Waals surface area contributed by atoms with Crippen LogP contribution in [0.25, 0.3) is 84.4 Å². The van der Waals surface area contributed by atoms with Crippen LogP contribution >= 0.6 is 0 Å². The molecule has 7 aromatic rings. The number of nitrogens with one attached hydrogen (secondary N) is 1. The van der Waals surface area contributed by atoms with Gasteiger partial charge in [0, 0.05) is 66.2 Å². The van der Waals surface area contributed by atoms with Gasteiger partial charge < -0.3 is 14.1 Å². The number of allylic oxidation sites excluding steroid dienone is 9. The molecule has 4 aliphatic carbocycles. The van der Waals surface area contributed by atoms with Gasteiger partial charge in [-0.3, -0.25) is 0 Å². The van der Waals surface area contributed by atoms with Gasteiger partial charge >= 0.3 is 0 Å². The lowest BCUT2D eigenvalue weighted by Crippen LogP contribution is -2.30. The van der Waals surface area contributed by atoms with Gasteiger partial charge in [0.15, 0.2) is 0 Å². The van der Waals surface area contributed by atoms with Gasteiger partial charge in [-0.25, -0.2) is 0 Å². The molecule has 1 atom stereocenters. The van der Waals surface area contributed by atoms with E-state index in [2.05, 4.69) is 154 Å². The molecule has 1 N–H and O–H groups in total. The summed E-state index contributed by atoms with van der Waals surface area (Å²) < 4.78 is 4.93. The Labute approximate surface area is 332 Å². The molecule has 4 aliphatic rings. The van der Waals surface area contributed by atoms with Crippen LogP contribution in [0.3, 0.4) is 0 Å². The van der Waals surface area contributed by atoms with Gasteiger partial charge in [0.2, 0.25) is 0 Å². The maximum atomic E-state index is 3.90. The smallest absolute Gasteiger partial charge is 0.0541 e. The van der Waals surface area contributed by atoms with Gasteiger partial charge in [0.25, 0.3) is 0 Å². The Kier molecular flexibility index (Phi) is 10.4. The minimum absolute atomic E-state index is 0. The molecule has 0 radical (unpaired) electrons. The van der Waals surface area contributed by atoms with Crippen LogP contribution in [0, 0.1) is 0 Å². The Morgan fingerprint density at radius 1 is 0.536 bits per heavy atom. The van der Waals surface area contributed by atoms with E-state index in [0.29, 0.717) is 0 Å². The van der Waals surface area contributed by atoms with Crippen molar-refractivity contribution in [2.75, 3.05) is 0 Å². The summed E-state index contributed by atoms with van der Waals surface area (Å²) in [4.78, 5) is 3.90. The predicted molar refractivity (Wildman–Crippen MR) is 246 cm³/mol. The van der Waals surface area contributed by atoms with Gasteiger partial charge in [0.05, 0.1) is 16.6 Å². The maximum absolute atomic E-state index is 3.90. The number of para-hydroxylation sites is 1. The molecule has 1 unspecified atom stereocenters. The van der Waals surface area contributed by atoms with E-state index >= 15 is 0 Å². The second-order valence-electron chi connectivity index (χ2n) is 14.6. The summed E-state index contributed by atoms with van der Waals surface area (Å²) in [6.07, 6.45) is 31.2. The highest BCUT2D eigenvalue weighted by molar-refractivity contribution is 6.12. The van der Waals surface area contributed by atoms with Crippen LogP contribution in [0.15, 0.2) is 121 Å². The summed E-state index contributed by atoms with van der Waals surface area (Å²) >= 11 is 0. The third-order valence-corrected chi connectivity index (χ3v) is 11.7. The molecule has 11 rings (SSSR count). The first-order chi connectivity index (χ1) is 27.3. The first-order valence-corrected chi connectivity index (χ1v) is 20.7. The fourth-order valence-electron chi connectivity index (χ4n) is 9.28. The van der Waals surface area contributed by atoms with Crippen LogP contribution in [-0.4, -0.2) is 14.1 Å². The second-order valence-corrected chi connectivity index (χ2v) is 14.6. The fraction of sp³-hybridized carbons (Fsp3) is 0.245. The summed E-state index contributed by atoms with van der Waals surface area (Å²) in [7, 11) is 0. The largest absolute Gasteiger partial charge is 0.357 e.